The summed E-state index contributed by atoms with van der Waals surface area (Å²) in [7, 11) is 0. The number of nitrogens with one attached hydrogen (secondary N) is 2. The van der Waals surface area contributed by atoms with Gasteiger partial charge >= 0.3 is 0 Å². The molecule has 2 aromatic rings. The standard InChI is InChI=1S/C17H17ClN4O3/c18-14-7-6-11(9-20-14)8-13(16(19)24)22-15(23)10-21-17(25)12-4-2-1-3-5-12/h1-7,9,13H,8,10H2,(H2,19,24)(H,21,25)(H,22,23)/t13-/m0/s1. The van der Waals surface area contributed by atoms with Gasteiger partial charge in [0, 0.05) is 18.2 Å². The van der Waals surface area contributed by atoms with E-state index in [0.29, 0.717) is 16.3 Å². The average molecular weight is 361 g/mol. The molecule has 130 valence electrons. The summed E-state index contributed by atoms with van der Waals surface area (Å²) >= 11 is 5.70. The lowest BCUT2D eigenvalue weighted by molar-refractivity contribution is -0.126. The van der Waals surface area contributed by atoms with Gasteiger partial charge in [0.2, 0.25) is 11.8 Å². The molecule has 0 aliphatic carbocycles. The van der Waals surface area contributed by atoms with Crippen molar-refractivity contribution in [1.82, 2.24) is 15.6 Å². The number of pyridine rings is 1. The predicted molar refractivity (Wildman–Crippen MR) is 92.9 cm³/mol. The Labute approximate surface area is 149 Å². The number of aromatic nitrogens is 1. The third kappa shape index (κ3) is 5.89. The topological polar surface area (TPSA) is 114 Å². The van der Waals surface area contributed by atoms with Gasteiger partial charge in [0.25, 0.3) is 5.91 Å². The molecule has 1 heterocycles. The van der Waals surface area contributed by atoms with Crippen molar-refractivity contribution in [1.29, 1.82) is 0 Å². The number of hydrogen-bond acceptors (Lipinski definition) is 4. The summed E-state index contributed by atoms with van der Waals surface area (Å²) in [5, 5.41) is 5.30. The van der Waals surface area contributed by atoms with Crippen LogP contribution in [0.15, 0.2) is 48.7 Å². The van der Waals surface area contributed by atoms with Gasteiger partial charge in [-0.25, -0.2) is 4.98 Å². The van der Waals surface area contributed by atoms with Crippen molar-refractivity contribution in [3.63, 3.8) is 0 Å². The number of primary amides is 1. The number of carbonyl (C=O) groups is 3. The molecule has 1 aromatic heterocycles. The second-order valence-electron chi connectivity index (χ2n) is 5.26. The molecule has 1 aromatic carbocycles. The van der Waals surface area contributed by atoms with Gasteiger partial charge in [-0.2, -0.15) is 0 Å². The van der Waals surface area contributed by atoms with Gasteiger partial charge in [-0.05, 0) is 23.8 Å². The minimum Gasteiger partial charge on any atom is -0.368 e. The second-order valence-corrected chi connectivity index (χ2v) is 5.65. The fraction of sp³-hybridized carbons (Fsp3) is 0.176. The molecule has 0 fully saturated rings. The van der Waals surface area contributed by atoms with Gasteiger partial charge in [0.1, 0.15) is 11.2 Å². The normalized spacial score (nSPS) is 11.4. The van der Waals surface area contributed by atoms with E-state index in [1.807, 2.05) is 0 Å². The fourth-order valence-electron chi connectivity index (χ4n) is 2.08. The highest BCUT2D eigenvalue weighted by Crippen LogP contribution is 2.07. The molecule has 0 saturated heterocycles. The van der Waals surface area contributed by atoms with Crippen molar-refractivity contribution < 1.29 is 14.4 Å². The molecular weight excluding hydrogens is 344 g/mol. The van der Waals surface area contributed by atoms with Gasteiger partial charge < -0.3 is 16.4 Å². The third-order valence-corrected chi connectivity index (χ3v) is 3.58. The van der Waals surface area contributed by atoms with Crippen molar-refractivity contribution in [2.45, 2.75) is 12.5 Å². The maximum Gasteiger partial charge on any atom is 0.251 e. The molecule has 0 bridgehead atoms. The van der Waals surface area contributed by atoms with Crippen molar-refractivity contribution in [2.24, 2.45) is 5.73 Å². The molecule has 4 N–H and O–H groups in total. The van der Waals surface area contributed by atoms with Crippen LogP contribution in [0.1, 0.15) is 15.9 Å². The quantitative estimate of drug-likeness (QED) is 0.630. The number of nitrogens with two attached hydrogens (primary N) is 1. The Bertz CT molecular complexity index is 750. The van der Waals surface area contributed by atoms with Crippen molar-refractivity contribution >= 4 is 29.3 Å². The van der Waals surface area contributed by atoms with E-state index in [0.717, 1.165) is 0 Å². The van der Waals surface area contributed by atoms with E-state index in [9.17, 15) is 14.4 Å². The van der Waals surface area contributed by atoms with E-state index in [1.54, 1.807) is 42.5 Å². The summed E-state index contributed by atoms with van der Waals surface area (Å²) in [4.78, 5) is 39.3. The molecule has 0 radical (unpaired) electrons. The summed E-state index contributed by atoms with van der Waals surface area (Å²) in [5.41, 5.74) is 6.46. The van der Waals surface area contributed by atoms with Crippen LogP contribution in [0.3, 0.4) is 0 Å². The Morgan fingerprint density at radius 1 is 1.12 bits per heavy atom. The van der Waals surface area contributed by atoms with Gasteiger partial charge in [0.15, 0.2) is 0 Å². The van der Waals surface area contributed by atoms with Crippen LogP contribution in [-0.4, -0.2) is 35.3 Å². The summed E-state index contributed by atoms with van der Waals surface area (Å²) in [6, 6.07) is 10.8. The molecule has 2 rings (SSSR count). The fourth-order valence-corrected chi connectivity index (χ4v) is 2.19. The highest BCUT2D eigenvalue weighted by Gasteiger charge is 2.19. The Balaban J connectivity index is 1.88. The summed E-state index contributed by atoms with van der Waals surface area (Å²) in [6.07, 6.45) is 1.68. The van der Waals surface area contributed by atoms with Crippen LogP contribution in [0.4, 0.5) is 0 Å². The summed E-state index contributed by atoms with van der Waals surface area (Å²) in [6.45, 7) is -0.267. The average Bonchev–Trinajstić information content (AvgIpc) is 2.61. The lowest BCUT2D eigenvalue weighted by Gasteiger charge is -2.15. The van der Waals surface area contributed by atoms with Gasteiger partial charge in [-0.1, -0.05) is 35.9 Å². The number of rotatable bonds is 7. The zero-order valence-electron chi connectivity index (χ0n) is 13.2. The molecule has 0 aliphatic heterocycles. The van der Waals surface area contributed by atoms with E-state index >= 15 is 0 Å². The highest BCUT2D eigenvalue weighted by atomic mass is 35.5. The molecule has 8 heteroatoms. The molecule has 25 heavy (non-hydrogen) atoms. The molecule has 0 spiro atoms. The van der Waals surface area contributed by atoms with Crippen LogP contribution in [0.25, 0.3) is 0 Å². The van der Waals surface area contributed by atoms with Crippen LogP contribution in [0.5, 0.6) is 0 Å². The highest BCUT2D eigenvalue weighted by molar-refractivity contribution is 6.29. The maximum absolute atomic E-state index is 12.0. The number of benzene rings is 1. The van der Waals surface area contributed by atoms with Crippen LogP contribution in [-0.2, 0) is 16.0 Å². The lowest BCUT2D eigenvalue weighted by Crippen LogP contribution is -2.49. The monoisotopic (exact) mass is 360 g/mol. The van der Waals surface area contributed by atoms with E-state index in [2.05, 4.69) is 15.6 Å². The zero-order chi connectivity index (χ0) is 18.2. The Hall–Kier alpha value is -2.93. The van der Waals surface area contributed by atoms with E-state index in [-0.39, 0.29) is 18.9 Å². The predicted octanol–water partition coefficient (Wildman–Crippen LogP) is 0.678. The minimum atomic E-state index is -0.913. The molecule has 0 saturated carbocycles. The SMILES string of the molecule is NC(=O)[C@H](Cc1ccc(Cl)nc1)NC(=O)CNC(=O)c1ccccc1. The Kier molecular flexibility index (Phi) is 6.47. The second kappa shape index (κ2) is 8.79. The first-order valence-electron chi connectivity index (χ1n) is 7.48. The Morgan fingerprint density at radius 3 is 2.44 bits per heavy atom. The zero-order valence-corrected chi connectivity index (χ0v) is 14.0. The summed E-state index contributed by atoms with van der Waals surface area (Å²) in [5.74, 6) is -1.58. The first-order chi connectivity index (χ1) is 12.0. The lowest BCUT2D eigenvalue weighted by atomic mass is 10.1. The van der Waals surface area contributed by atoms with Crippen molar-refractivity contribution in [3.05, 3.63) is 64.9 Å². The first-order valence-corrected chi connectivity index (χ1v) is 7.86. The first kappa shape index (κ1) is 18.4. The molecule has 7 nitrogen and oxygen atoms in total. The molecule has 0 aliphatic rings. The largest absolute Gasteiger partial charge is 0.368 e. The van der Waals surface area contributed by atoms with E-state index in [4.69, 9.17) is 17.3 Å². The number of hydrogen-bond donors (Lipinski definition) is 3. The van der Waals surface area contributed by atoms with Gasteiger partial charge in [0.05, 0.1) is 6.54 Å². The van der Waals surface area contributed by atoms with Crippen LogP contribution >= 0.6 is 11.6 Å². The summed E-state index contributed by atoms with van der Waals surface area (Å²) < 4.78 is 0. The minimum absolute atomic E-state index is 0.178. The van der Waals surface area contributed by atoms with E-state index < -0.39 is 17.9 Å². The van der Waals surface area contributed by atoms with Crippen LogP contribution < -0.4 is 16.4 Å². The maximum atomic E-state index is 12.0. The van der Waals surface area contributed by atoms with Gasteiger partial charge in [-0.15, -0.1) is 0 Å². The van der Waals surface area contributed by atoms with E-state index in [1.165, 1.54) is 6.20 Å². The van der Waals surface area contributed by atoms with Crippen molar-refractivity contribution in [2.75, 3.05) is 6.54 Å². The number of nitrogens with zero attached hydrogens (tertiary/aromatic N) is 1. The molecule has 1 atom stereocenters. The molecular formula is C17H17ClN4O3. The van der Waals surface area contributed by atoms with Crippen LogP contribution in [0.2, 0.25) is 5.15 Å². The van der Waals surface area contributed by atoms with Crippen LogP contribution in [0, 0.1) is 0 Å². The third-order valence-electron chi connectivity index (χ3n) is 3.35. The molecule has 0 unspecified atom stereocenters. The molecule has 3 amide bonds. The van der Waals surface area contributed by atoms with Crippen molar-refractivity contribution in [3.8, 4) is 0 Å². The number of amides is 3. The van der Waals surface area contributed by atoms with Gasteiger partial charge in [-0.3, -0.25) is 14.4 Å². The smallest absolute Gasteiger partial charge is 0.251 e. The Morgan fingerprint density at radius 2 is 1.84 bits per heavy atom. The number of halogens is 1. The number of carbonyl (C=O) groups excluding carboxylic acids is 3.